The first-order chi connectivity index (χ1) is 8.71. The summed E-state index contributed by atoms with van der Waals surface area (Å²) in [6, 6.07) is 0. The zero-order valence-corrected chi connectivity index (χ0v) is 13.6. The molecule has 0 saturated carbocycles. The van der Waals surface area contributed by atoms with Crippen molar-refractivity contribution in [1.29, 1.82) is 0 Å². The van der Waals surface area contributed by atoms with Gasteiger partial charge in [0.1, 0.15) is 4.99 Å². The molecule has 1 heterocycles. The van der Waals surface area contributed by atoms with E-state index in [-0.39, 0.29) is 11.2 Å². The molecule has 104 valence electrons. The number of carbonyl (C=O) groups excluding carboxylic acids is 1. The van der Waals surface area contributed by atoms with Crippen LogP contribution in [0.3, 0.4) is 0 Å². The minimum Gasteiger partial charge on any atom is -0.389 e. The second-order valence-corrected chi connectivity index (χ2v) is 8.16. The number of hydrogen-bond donors (Lipinski definition) is 1. The van der Waals surface area contributed by atoms with Gasteiger partial charge in [0, 0.05) is 16.9 Å². The number of thiocarbonyl (C=S) groups is 1. The van der Waals surface area contributed by atoms with Crippen molar-refractivity contribution in [3.8, 4) is 0 Å². The van der Waals surface area contributed by atoms with Gasteiger partial charge < -0.3 is 5.73 Å². The number of rotatable bonds is 3. The molecule has 2 nitrogen and oxygen atoms in total. The first-order valence-corrected chi connectivity index (χ1v) is 7.91. The third kappa shape index (κ3) is 2.90. The van der Waals surface area contributed by atoms with Crippen molar-refractivity contribution in [2.24, 2.45) is 17.1 Å². The van der Waals surface area contributed by atoms with Crippen molar-refractivity contribution in [3.63, 3.8) is 0 Å². The number of hydrogen-bond acceptors (Lipinski definition) is 3. The molecule has 19 heavy (non-hydrogen) atoms. The highest BCUT2D eigenvalue weighted by atomic mass is 32.1. The van der Waals surface area contributed by atoms with Gasteiger partial charge in [0.2, 0.25) is 0 Å². The molecule has 0 unspecified atom stereocenters. The molecule has 0 spiro atoms. The summed E-state index contributed by atoms with van der Waals surface area (Å²) in [5.41, 5.74) is 7.90. The van der Waals surface area contributed by atoms with E-state index in [1.54, 1.807) is 11.3 Å². The van der Waals surface area contributed by atoms with Gasteiger partial charge in [-0.25, -0.2) is 0 Å². The van der Waals surface area contributed by atoms with Gasteiger partial charge in [-0.2, -0.15) is 0 Å². The standard InChI is InChI=1S/C15H21NOS2/c1-8(2)5-11-12-9(13(19-11)14(16)18)6-15(3,4)7-10(12)17/h8H,5-7H2,1-4H3,(H2,16,18). The Labute approximate surface area is 124 Å². The summed E-state index contributed by atoms with van der Waals surface area (Å²) in [5, 5.41) is 0. The first kappa shape index (κ1) is 14.7. The molecule has 1 aliphatic rings. The van der Waals surface area contributed by atoms with Crippen LogP contribution >= 0.6 is 23.6 Å². The van der Waals surface area contributed by atoms with E-state index in [0.29, 0.717) is 17.3 Å². The van der Waals surface area contributed by atoms with Crippen LogP contribution in [0, 0.1) is 11.3 Å². The largest absolute Gasteiger partial charge is 0.389 e. The van der Waals surface area contributed by atoms with Crippen LogP contribution in [0.5, 0.6) is 0 Å². The van der Waals surface area contributed by atoms with Crippen LogP contribution in [0.15, 0.2) is 0 Å². The van der Waals surface area contributed by atoms with E-state index in [4.69, 9.17) is 18.0 Å². The average molecular weight is 295 g/mol. The van der Waals surface area contributed by atoms with Gasteiger partial charge in [-0.1, -0.05) is 39.9 Å². The lowest BCUT2D eigenvalue weighted by atomic mass is 9.73. The SMILES string of the molecule is CC(C)Cc1sc(C(N)=S)c2c1C(=O)CC(C)(C)C2. The highest BCUT2D eigenvalue weighted by molar-refractivity contribution is 7.81. The maximum atomic E-state index is 12.5. The summed E-state index contributed by atoms with van der Waals surface area (Å²) in [6.45, 7) is 8.61. The molecule has 0 amide bonds. The van der Waals surface area contributed by atoms with Crippen LogP contribution in [-0.2, 0) is 12.8 Å². The third-order valence-electron chi connectivity index (χ3n) is 3.47. The Morgan fingerprint density at radius 3 is 2.58 bits per heavy atom. The molecule has 0 bridgehead atoms. The van der Waals surface area contributed by atoms with Crippen LogP contribution in [0.1, 0.15) is 59.8 Å². The summed E-state index contributed by atoms with van der Waals surface area (Å²) >= 11 is 6.79. The van der Waals surface area contributed by atoms with Crippen LogP contribution in [0.4, 0.5) is 0 Å². The fourth-order valence-corrected chi connectivity index (χ4v) is 4.44. The molecular formula is C15H21NOS2. The molecule has 0 fully saturated rings. The minimum atomic E-state index is 0.0137. The zero-order chi connectivity index (χ0) is 14.4. The van der Waals surface area contributed by atoms with E-state index < -0.39 is 0 Å². The van der Waals surface area contributed by atoms with Crippen molar-refractivity contribution >= 4 is 34.3 Å². The van der Waals surface area contributed by atoms with Crippen LogP contribution in [-0.4, -0.2) is 10.8 Å². The molecular weight excluding hydrogens is 274 g/mol. The normalized spacial score (nSPS) is 17.6. The Kier molecular flexibility index (Phi) is 3.85. The van der Waals surface area contributed by atoms with Gasteiger partial charge in [0.25, 0.3) is 0 Å². The van der Waals surface area contributed by atoms with Crippen LogP contribution in [0.2, 0.25) is 0 Å². The quantitative estimate of drug-likeness (QED) is 0.864. The molecule has 0 aromatic carbocycles. The summed E-state index contributed by atoms with van der Waals surface area (Å²) in [7, 11) is 0. The number of nitrogens with two attached hydrogens (primary N) is 1. The van der Waals surface area contributed by atoms with Crippen molar-refractivity contribution in [3.05, 3.63) is 20.9 Å². The lowest BCUT2D eigenvalue weighted by Crippen LogP contribution is -2.28. The molecule has 4 heteroatoms. The second-order valence-electron chi connectivity index (χ2n) is 6.61. The lowest BCUT2D eigenvalue weighted by molar-refractivity contribution is 0.0912. The van der Waals surface area contributed by atoms with Crippen molar-refractivity contribution in [2.45, 2.75) is 47.0 Å². The Hall–Kier alpha value is -0.740. The minimum absolute atomic E-state index is 0.0137. The fraction of sp³-hybridized carbons (Fsp3) is 0.600. The third-order valence-corrected chi connectivity index (χ3v) is 5.09. The number of ketones is 1. The first-order valence-electron chi connectivity index (χ1n) is 6.69. The summed E-state index contributed by atoms with van der Waals surface area (Å²) in [5.74, 6) is 0.797. The molecule has 1 aliphatic carbocycles. The number of thiophene rings is 1. The van der Waals surface area contributed by atoms with Crippen molar-refractivity contribution in [2.75, 3.05) is 0 Å². The Morgan fingerprint density at radius 1 is 1.42 bits per heavy atom. The van der Waals surface area contributed by atoms with E-state index in [9.17, 15) is 4.79 Å². The number of fused-ring (bicyclic) bond motifs is 1. The maximum absolute atomic E-state index is 12.5. The van der Waals surface area contributed by atoms with Crippen LogP contribution in [0.25, 0.3) is 0 Å². The molecule has 0 atom stereocenters. The number of carbonyl (C=O) groups is 1. The van der Waals surface area contributed by atoms with Gasteiger partial charge in [-0.05, 0) is 29.7 Å². The summed E-state index contributed by atoms with van der Waals surface area (Å²) < 4.78 is 0. The second kappa shape index (κ2) is 4.98. The van der Waals surface area contributed by atoms with E-state index >= 15 is 0 Å². The van der Waals surface area contributed by atoms with Crippen LogP contribution < -0.4 is 5.73 Å². The monoisotopic (exact) mass is 295 g/mol. The Balaban J connectivity index is 2.57. The molecule has 1 aromatic rings. The smallest absolute Gasteiger partial charge is 0.164 e. The molecule has 2 rings (SSSR count). The van der Waals surface area contributed by atoms with E-state index in [1.807, 2.05) is 0 Å². The van der Waals surface area contributed by atoms with E-state index in [2.05, 4.69) is 27.7 Å². The predicted molar refractivity (Wildman–Crippen MR) is 85.2 cm³/mol. The molecule has 2 N–H and O–H groups in total. The predicted octanol–water partition coefficient (Wildman–Crippen LogP) is 3.74. The average Bonchev–Trinajstić information content (AvgIpc) is 2.53. The Bertz CT molecular complexity index is 541. The lowest BCUT2D eigenvalue weighted by Gasteiger charge is -2.29. The molecule has 0 aliphatic heterocycles. The van der Waals surface area contributed by atoms with Gasteiger partial charge >= 0.3 is 0 Å². The highest BCUT2D eigenvalue weighted by Crippen LogP contribution is 2.42. The van der Waals surface area contributed by atoms with Crippen molar-refractivity contribution < 1.29 is 4.79 Å². The Morgan fingerprint density at radius 2 is 2.05 bits per heavy atom. The van der Waals surface area contributed by atoms with Crippen molar-refractivity contribution in [1.82, 2.24) is 0 Å². The van der Waals surface area contributed by atoms with Gasteiger partial charge in [0.15, 0.2) is 5.78 Å². The van der Waals surface area contributed by atoms with E-state index in [0.717, 1.165) is 28.8 Å². The zero-order valence-electron chi connectivity index (χ0n) is 12.0. The number of Topliss-reactive ketones (excluding diaryl/α,β-unsaturated/α-hetero) is 1. The molecule has 0 saturated heterocycles. The topological polar surface area (TPSA) is 43.1 Å². The highest BCUT2D eigenvalue weighted by Gasteiger charge is 2.36. The van der Waals surface area contributed by atoms with Gasteiger partial charge in [-0.3, -0.25) is 4.79 Å². The fourth-order valence-electron chi connectivity index (χ4n) is 2.79. The van der Waals surface area contributed by atoms with E-state index in [1.165, 1.54) is 4.88 Å². The van der Waals surface area contributed by atoms with Gasteiger partial charge in [0.05, 0.1) is 4.88 Å². The molecule has 0 radical (unpaired) electrons. The summed E-state index contributed by atoms with van der Waals surface area (Å²) in [6.07, 6.45) is 2.45. The van der Waals surface area contributed by atoms with Gasteiger partial charge in [-0.15, -0.1) is 11.3 Å². The maximum Gasteiger partial charge on any atom is 0.164 e. The summed E-state index contributed by atoms with van der Waals surface area (Å²) in [4.78, 5) is 15.0. The molecule has 1 aromatic heterocycles.